The molecule has 0 radical (unpaired) electrons. The van der Waals surface area contributed by atoms with Crippen molar-refractivity contribution < 1.29 is 0 Å². The van der Waals surface area contributed by atoms with E-state index in [0.717, 1.165) is 32.1 Å². The monoisotopic (exact) mass is 240 g/mol. The van der Waals surface area contributed by atoms with E-state index in [1.807, 2.05) is 0 Å². The Kier molecular flexibility index (Phi) is 9.47. The number of likely N-dealkylation sites (N-methyl/N-ethyl adjacent to an activating group) is 1. The van der Waals surface area contributed by atoms with Crippen LogP contribution in [0.25, 0.3) is 0 Å². The molecule has 0 aromatic heterocycles. The second kappa shape index (κ2) is 9.67. The van der Waals surface area contributed by atoms with Crippen molar-refractivity contribution in [2.75, 3.05) is 26.2 Å². The molecule has 2 nitrogen and oxygen atoms in total. The molecule has 2 heteroatoms. The maximum atomic E-state index is 4.03. The summed E-state index contributed by atoms with van der Waals surface area (Å²) in [5, 5.41) is 3.59. The summed E-state index contributed by atoms with van der Waals surface area (Å²) in [7, 11) is 0. The largest absolute Gasteiger partial charge is 0.315 e. The highest BCUT2D eigenvalue weighted by atomic mass is 15.2. The van der Waals surface area contributed by atoms with Crippen LogP contribution in [-0.4, -0.2) is 37.1 Å². The van der Waals surface area contributed by atoms with Crippen molar-refractivity contribution in [3.63, 3.8) is 0 Å². The first kappa shape index (κ1) is 16.7. The Morgan fingerprint density at radius 3 is 2.29 bits per heavy atom. The molecule has 1 unspecified atom stereocenters. The molecule has 0 fully saturated rings. The molecule has 0 spiro atoms. The van der Waals surface area contributed by atoms with Crippen LogP contribution < -0.4 is 5.32 Å². The molecule has 1 N–H and O–H groups in total. The lowest BCUT2D eigenvalue weighted by Gasteiger charge is -2.31. The minimum Gasteiger partial charge on any atom is -0.315 e. The molecule has 0 rings (SSSR count). The highest BCUT2D eigenvalue weighted by molar-refractivity contribution is 4.93. The molecule has 17 heavy (non-hydrogen) atoms. The van der Waals surface area contributed by atoms with Crippen molar-refractivity contribution in [1.29, 1.82) is 0 Å². The maximum Gasteiger partial charge on any atom is 0.0223 e. The summed E-state index contributed by atoms with van der Waals surface area (Å²) < 4.78 is 0. The van der Waals surface area contributed by atoms with E-state index in [0.29, 0.717) is 6.04 Å². The Hall–Kier alpha value is -0.340. The summed E-state index contributed by atoms with van der Waals surface area (Å²) >= 11 is 0. The van der Waals surface area contributed by atoms with Gasteiger partial charge in [-0.25, -0.2) is 0 Å². The zero-order valence-corrected chi connectivity index (χ0v) is 12.6. The second-order valence-electron chi connectivity index (χ2n) is 5.51. The average molecular weight is 240 g/mol. The molecule has 1 atom stereocenters. The van der Waals surface area contributed by atoms with E-state index in [2.05, 4.69) is 51.4 Å². The summed E-state index contributed by atoms with van der Waals surface area (Å²) in [6.45, 7) is 19.5. The molecule has 0 amide bonds. The van der Waals surface area contributed by atoms with Gasteiger partial charge in [0.05, 0.1) is 0 Å². The maximum absolute atomic E-state index is 4.03. The first-order valence-corrected chi connectivity index (χ1v) is 7.10. The average Bonchev–Trinajstić information content (AvgIpc) is 2.24. The van der Waals surface area contributed by atoms with E-state index < -0.39 is 0 Å². The second-order valence-corrected chi connectivity index (χ2v) is 5.51. The van der Waals surface area contributed by atoms with E-state index in [-0.39, 0.29) is 0 Å². The van der Waals surface area contributed by atoms with Gasteiger partial charge in [-0.15, -0.1) is 0 Å². The van der Waals surface area contributed by atoms with Crippen molar-refractivity contribution >= 4 is 0 Å². The zero-order valence-electron chi connectivity index (χ0n) is 12.6. The van der Waals surface area contributed by atoms with Crippen LogP contribution in [-0.2, 0) is 0 Å². The molecule has 0 saturated heterocycles. The predicted molar refractivity (Wildman–Crippen MR) is 78.5 cm³/mol. The fourth-order valence-corrected chi connectivity index (χ4v) is 2.13. The quantitative estimate of drug-likeness (QED) is 0.589. The number of nitrogens with zero attached hydrogens (tertiary/aromatic N) is 1. The third kappa shape index (κ3) is 8.39. The molecule has 0 aliphatic rings. The van der Waals surface area contributed by atoms with Gasteiger partial charge in [-0.2, -0.15) is 0 Å². The van der Waals surface area contributed by atoms with Gasteiger partial charge in [-0.1, -0.05) is 46.3 Å². The van der Waals surface area contributed by atoms with E-state index in [4.69, 9.17) is 0 Å². The van der Waals surface area contributed by atoms with Gasteiger partial charge in [0, 0.05) is 19.1 Å². The summed E-state index contributed by atoms with van der Waals surface area (Å²) in [4.78, 5) is 2.54. The van der Waals surface area contributed by atoms with Gasteiger partial charge >= 0.3 is 0 Å². The van der Waals surface area contributed by atoms with Crippen molar-refractivity contribution in [3.05, 3.63) is 12.2 Å². The fraction of sp³-hybridized carbons (Fsp3) is 0.867. The van der Waals surface area contributed by atoms with Crippen LogP contribution in [0.3, 0.4) is 0 Å². The standard InChI is InChI=1S/C15H32N2/c1-7-9-15(11-16-10-13(3)4)17(8-2)12-14(5)6/h13,15-16H,5,7-12H2,1-4,6H3. The third-order valence-corrected chi connectivity index (χ3v) is 2.95. The lowest BCUT2D eigenvalue weighted by atomic mass is 10.1. The van der Waals surface area contributed by atoms with Crippen molar-refractivity contribution in [1.82, 2.24) is 10.2 Å². The molecule has 0 aromatic carbocycles. The van der Waals surface area contributed by atoms with Crippen molar-refractivity contribution in [2.45, 2.75) is 53.5 Å². The highest BCUT2D eigenvalue weighted by Gasteiger charge is 2.15. The lowest BCUT2D eigenvalue weighted by Crippen LogP contribution is -2.43. The topological polar surface area (TPSA) is 15.3 Å². The first-order chi connectivity index (χ1) is 8.01. The third-order valence-electron chi connectivity index (χ3n) is 2.95. The minimum absolute atomic E-state index is 0.653. The normalized spacial score (nSPS) is 13.4. The molecule has 0 aliphatic heterocycles. The number of rotatable bonds is 10. The summed E-state index contributed by atoms with van der Waals surface area (Å²) in [5.74, 6) is 0.730. The van der Waals surface area contributed by atoms with Crippen LogP contribution in [0.2, 0.25) is 0 Å². The molecular formula is C15H32N2. The van der Waals surface area contributed by atoms with Crippen LogP contribution in [0.4, 0.5) is 0 Å². The molecule has 0 aliphatic carbocycles. The van der Waals surface area contributed by atoms with Gasteiger partial charge in [0.2, 0.25) is 0 Å². The number of hydrogen-bond donors (Lipinski definition) is 1. The summed E-state index contributed by atoms with van der Waals surface area (Å²) in [6.07, 6.45) is 2.52. The smallest absolute Gasteiger partial charge is 0.0223 e. The SMILES string of the molecule is C=C(C)CN(CC)C(CCC)CNCC(C)C. The molecule has 0 heterocycles. The van der Waals surface area contributed by atoms with Gasteiger partial charge < -0.3 is 5.32 Å². The molecule has 0 bridgehead atoms. The van der Waals surface area contributed by atoms with Crippen LogP contribution >= 0.6 is 0 Å². The van der Waals surface area contributed by atoms with Crippen LogP contribution in [0.15, 0.2) is 12.2 Å². The van der Waals surface area contributed by atoms with Gasteiger partial charge in [-0.05, 0) is 32.4 Å². The van der Waals surface area contributed by atoms with Crippen LogP contribution in [0.1, 0.15) is 47.5 Å². The van der Waals surface area contributed by atoms with Gasteiger partial charge in [0.25, 0.3) is 0 Å². The molecule has 0 aromatic rings. The first-order valence-electron chi connectivity index (χ1n) is 7.10. The van der Waals surface area contributed by atoms with E-state index >= 15 is 0 Å². The van der Waals surface area contributed by atoms with Gasteiger partial charge in [0.15, 0.2) is 0 Å². The molecule has 0 saturated carbocycles. The fourth-order valence-electron chi connectivity index (χ4n) is 2.13. The highest BCUT2D eigenvalue weighted by Crippen LogP contribution is 2.08. The molecule has 102 valence electrons. The summed E-state index contributed by atoms with van der Waals surface area (Å²) in [6, 6.07) is 0.653. The Bertz CT molecular complexity index is 199. The lowest BCUT2D eigenvalue weighted by molar-refractivity contribution is 0.204. The van der Waals surface area contributed by atoms with Crippen molar-refractivity contribution in [2.24, 2.45) is 5.92 Å². The predicted octanol–water partition coefficient (Wildman–Crippen LogP) is 3.30. The van der Waals surface area contributed by atoms with Gasteiger partial charge in [-0.3, -0.25) is 4.90 Å². The Labute approximate surface area is 108 Å². The zero-order chi connectivity index (χ0) is 13.3. The Morgan fingerprint density at radius 2 is 1.88 bits per heavy atom. The van der Waals surface area contributed by atoms with E-state index in [1.165, 1.54) is 18.4 Å². The van der Waals surface area contributed by atoms with E-state index in [9.17, 15) is 0 Å². The Morgan fingerprint density at radius 1 is 1.24 bits per heavy atom. The Balaban J connectivity index is 4.20. The summed E-state index contributed by atoms with van der Waals surface area (Å²) in [5.41, 5.74) is 1.26. The molecular weight excluding hydrogens is 208 g/mol. The number of hydrogen-bond acceptors (Lipinski definition) is 2. The van der Waals surface area contributed by atoms with Crippen LogP contribution in [0, 0.1) is 5.92 Å². The van der Waals surface area contributed by atoms with Crippen molar-refractivity contribution in [3.8, 4) is 0 Å². The minimum atomic E-state index is 0.653. The number of nitrogens with one attached hydrogen (secondary N) is 1. The van der Waals surface area contributed by atoms with E-state index in [1.54, 1.807) is 0 Å². The van der Waals surface area contributed by atoms with Crippen LogP contribution in [0.5, 0.6) is 0 Å². The van der Waals surface area contributed by atoms with Gasteiger partial charge in [0.1, 0.15) is 0 Å².